The largest absolute Gasteiger partial charge is 0.377 e. The molecule has 0 heterocycles. The molecule has 0 saturated heterocycles. The molecule has 0 spiro atoms. The molecule has 1 aromatic carbocycles. The Morgan fingerprint density at radius 3 is 2.79 bits per heavy atom. The molecule has 0 unspecified atom stereocenters. The van der Waals surface area contributed by atoms with Gasteiger partial charge in [0.25, 0.3) is 0 Å². The topological polar surface area (TPSA) is 38.7 Å². The molecule has 0 radical (unpaired) electrons. The Labute approximate surface area is 146 Å². The highest BCUT2D eigenvalue weighted by molar-refractivity contribution is 5.39. The second-order valence-electron chi connectivity index (χ2n) is 6.82. The summed E-state index contributed by atoms with van der Waals surface area (Å²) in [5.41, 5.74) is 1.35. The van der Waals surface area contributed by atoms with Crippen LogP contribution in [0.15, 0.2) is 24.3 Å². The van der Waals surface area contributed by atoms with Crippen LogP contribution >= 0.6 is 0 Å². The van der Waals surface area contributed by atoms with Crippen molar-refractivity contribution in [1.29, 1.82) is 0 Å². The van der Waals surface area contributed by atoms with Crippen LogP contribution in [-0.4, -0.2) is 31.2 Å². The van der Waals surface area contributed by atoms with Crippen molar-refractivity contribution in [3.63, 3.8) is 0 Å². The number of ether oxygens (including phenoxy) is 2. The SMILES string of the molecule is COC(CCCC[C@H]1CCC[C@]1(O)C#Cc1cccc(C)c1)OC. The average Bonchev–Trinajstić information content (AvgIpc) is 2.95. The Morgan fingerprint density at radius 1 is 1.29 bits per heavy atom. The number of benzene rings is 1. The minimum atomic E-state index is -0.828. The minimum Gasteiger partial charge on any atom is -0.377 e. The van der Waals surface area contributed by atoms with E-state index in [4.69, 9.17) is 9.47 Å². The van der Waals surface area contributed by atoms with E-state index in [2.05, 4.69) is 30.9 Å². The minimum absolute atomic E-state index is 0.117. The predicted molar refractivity (Wildman–Crippen MR) is 96.6 cm³/mol. The molecule has 3 heteroatoms. The highest BCUT2D eigenvalue weighted by Gasteiger charge is 2.39. The first-order chi connectivity index (χ1) is 11.6. The maximum absolute atomic E-state index is 11.0. The van der Waals surface area contributed by atoms with E-state index in [9.17, 15) is 5.11 Å². The Balaban J connectivity index is 1.89. The maximum atomic E-state index is 11.0. The lowest BCUT2D eigenvalue weighted by Crippen LogP contribution is -2.31. The molecule has 1 fully saturated rings. The van der Waals surface area contributed by atoms with Gasteiger partial charge >= 0.3 is 0 Å². The van der Waals surface area contributed by atoms with Crippen molar-refractivity contribution in [1.82, 2.24) is 0 Å². The first-order valence-corrected chi connectivity index (χ1v) is 8.95. The number of aryl methyl sites for hydroxylation is 1. The molecule has 1 aliphatic carbocycles. The van der Waals surface area contributed by atoms with Gasteiger partial charge in [0, 0.05) is 19.8 Å². The molecule has 1 saturated carbocycles. The summed E-state index contributed by atoms with van der Waals surface area (Å²) >= 11 is 0. The third-order valence-corrected chi connectivity index (χ3v) is 5.00. The van der Waals surface area contributed by atoms with Gasteiger partial charge in [-0.25, -0.2) is 0 Å². The lowest BCUT2D eigenvalue weighted by molar-refractivity contribution is -0.107. The highest BCUT2D eigenvalue weighted by atomic mass is 16.7. The van der Waals surface area contributed by atoms with E-state index >= 15 is 0 Å². The Bertz CT molecular complexity index is 568. The van der Waals surface area contributed by atoms with Gasteiger partial charge in [0.05, 0.1) is 0 Å². The number of rotatable bonds is 7. The molecule has 0 aromatic heterocycles. The van der Waals surface area contributed by atoms with E-state index in [1.54, 1.807) is 14.2 Å². The fourth-order valence-electron chi connectivity index (χ4n) is 3.55. The van der Waals surface area contributed by atoms with Gasteiger partial charge in [-0.15, -0.1) is 0 Å². The maximum Gasteiger partial charge on any atom is 0.156 e. The lowest BCUT2D eigenvalue weighted by atomic mass is 9.86. The third kappa shape index (κ3) is 5.34. The molecule has 3 nitrogen and oxygen atoms in total. The zero-order valence-corrected chi connectivity index (χ0v) is 15.2. The standard InChI is InChI=1S/C21H30O3/c1-17-8-6-9-18(16-17)13-15-21(22)14-7-11-19(21)10-4-5-12-20(23-2)24-3/h6,8-9,16,19-20,22H,4-5,7,10-12,14H2,1-3H3/t19-,21-/m0/s1. The molecule has 0 amide bonds. The predicted octanol–water partition coefficient (Wildman–Crippen LogP) is 4.06. The molecule has 0 bridgehead atoms. The van der Waals surface area contributed by atoms with Gasteiger partial charge in [0.15, 0.2) is 6.29 Å². The number of hydrogen-bond acceptors (Lipinski definition) is 3. The van der Waals surface area contributed by atoms with Crippen molar-refractivity contribution in [2.45, 2.75) is 63.8 Å². The van der Waals surface area contributed by atoms with Gasteiger partial charge in [0.2, 0.25) is 0 Å². The van der Waals surface area contributed by atoms with Crippen LogP contribution in [0.2, 0.25) is 0 Å². The molecular weight excluding hydrogens is 300 g/mol. The van der Waals surface area contributed by atoms with Crippen LogP contribution in [0, 0.1) is 24.7 Å². The van der Waals surface area contributed by atoms with E-state index in [1.807, 2.05) is 12.1 Å². The van der Waals surface area contributed by atoms with Crippen LogP contribution in [0.1, 0.15) is 56.1 Å². The Kier molecular flexibility index (Phi) is 7.30. The van der Waals surface area contributed by atoms with Crippen LogP contribution in [0.5, 0.6) is 0 Å². The molecule has 24 heavy (non-hydrogen) atoms. The van der Waals surface area contributed by atoms with E-state index in [0.717, 1.165) is 50.5 Å². The van der Waals surface area contributed by atoms with Crippen molar-refractivity contribution < 1.29 is 14.6 Å². The number of hydrogen-bond donors (Lipinski definition) is 1. The van der Waals surface area contributed by atoms with Gasteiger partial charge in [-0.3, -0.25) is 0 Å². The summed E-state index contributed by atoms with van der Waals surface area (Å²) in [5.74, 6) is 6.64. The van der Waals surface area contributed by atoms with Gasteiger partial charge in [-0.1, -0.05) is 30.4 Å². The normalized spacial score (nSPS) is 23.3. The summed E-state index contributed by atoms with van der Waals surface area (Å²) in [4.78, 5) is 0. The second kappa shape index (κ2) is 9.22. The second-order valence-corrected chi connectivity index (χ2v) is 6.82. The smallest absolute Gasteiger partial charge is 0.156 e. The summed E-state index contributed by atoms with van der Waals surface area (Å²) in [6.45, 7) is 2.06. The summed E-state index contributed by atoms with van der Waals surface area (Å²) in [7, 11) is 3.34. The summed E-state index contributed by atoms with van der Waals surface area (Å²) in [5, 5.41) is 11.0. The zero-order valence-electron chi connectivity index (χ0n) is 15.2. The first kappa shape index (κ1) is 19.0. The highest BCUT2D eigenvalue weighted by Crippen LogP contribution is 2.38. The van der Waals surface area contributed by atoms with Crippen molar-refractivity contribution in [2.24, 2.45) is 5.92 Å². The van der Waals surface area contributed by atoms with Crippen molar-refractivity contribution in [3.8, 4) is 11.8 Å². The van der Waals surface area contributed by atoms with Crippen molar-refractivity contribution >= 4 is 0 Å². The monoisotopic (exact) mass is 330 g/mol. The molecule has 2 atom stereocenters. The zero-order chi connectivity index (χ0) is 17.4. The fourth-order valence-corrected chi connectivity index (χ4v) is 3.55. The van der Waals surface area contributed by atoms with Crippen LogP contribution in [0.4, 0.5) is 0 Å². The fraction of sp³-hybridized carbons (Fsp3) is 0.619. The number of methoxy groups -OCH3 is 2. The van der Waals surface area contributed by atoms with Gasteiger partial charge in [-0.2, -0.15) is 0 Å². The molecule has 1 aromatic rings. The van der Waals surface area contributed by atoms with Crippen LogP contribution in [-0.2, 0) is 9.47 Å². The molecule has 0 aliphatic heterocycles. The van der Waals surface area contributed by atoms with Crippen LogP contribution in [0.25, 0.3) is 0 Å². The Hall–Kier alpha value is -1.34. The van der Waals surface area contributed by atoms with E-state index in [-0.39, 0.29) is 12.2 Å². The summed E-state index contributed by atoms with van der Waals surface area (Å²) in [6.07, 6.45) is 6.82. The van der Waals surface area contributed by atoms with E-state index < -0.39 is 5.60 Å². The van der Waals surface area contributed by atoms with Crippen molar-refractivity contribution in [3.05, 3.63) is 35.4 Å². The quantitative estimate of drug-likeness (QED) is 0.465. The average molecular weight is 330 g/mol. The Morgan fingerprint density at radius 2 is 2.08 bits per heavy atom. The van der Waals surface area contributed by atoms with Crippen LogP contribution < -0.4 is 0 Å². The summed E-state index contributed by atoms with van der Waals surface area (Å²) < 4.78 is 10.4. The third-order valence-electron chi connectivity index (χ3n) is 5.00. The number of unbranched alkanes of at least 4 members (excludes halogenated alkanes) is 1. The molecule has 2 rings (SSSR count). The van der Waals surface area contributed by atoms with Crippen molar-refractivity contribution in [2.75, 3.05) is 14.2 Å². The molecule has 132 valence electrons. The first-order valence-electron chi connectivity index (χ1n) is 8.95. The molecular formula is C21H30O3. The summed E-state index contributed by atoms with van der Waals surface area (Å²) in [6, 6.07) is 8.14. The molecule has 1 N–H and O–H groups in total. The van der Waals surface area contributed by atoms with Gasteiger partial charge in [-0.05, 0) is 69.1 Å². The van der Waals surface area contributed by atoms with Gasteiger partial charge in [0.1, 0.15) is 5.60 Å². The van der Waals surface area contributed by atoms with E-state index in [1.165, 1.54) is 5.56 Å². The van der Waals surface area contributed by atoms with Crippen LogP contribution in [0.3, 0.4) is 0 Å². The molecule has 1 aliphatic rings. The lowest BCUT2D eigenvalue weighted by Gasteiger charge is -2.25. The number of aliphatic hydroxyl groups is 1. The van der Waals surface area contributed by atoms with E-state index in [0.29, 0.717) is 0 Å². The van der Waals surface area contributed by atoms with Gasteiger partial charge < -0.3 is 14.6 Å².